The van der Waals surface area contributed by atoms with E-state index in [-0.39, 0.29) is 10.8 Å². The molecule has 1 aromatic heterocycles. The van der Waals surface area contributed by atoms with Crippen molar-refractivity contribution < 1.29 is 18.3 Å². The molecule has 2 heterocycles. The normalized spacial score (nSPS) is 23.4. The first-order valence-corrected chi connectivity index (χ1v) is 7.98. The smallest absolute Gasteiger partial charge is 0.323 e. The van der Waals surface area contributed by atoms with Crippen LogP contribution in [0.15, 0.2) is 29.4 Å². The van der Waals surface area contributed by atoms with Gasteiger partial charge >= 0.3 is 5.97 Å². The zero-order valence-electron chi connectivity index (χ0n) is 10.5. The lowest BCUT2D eigenvalue weighted by Gasteiger charge is -2.27. The molecule has 6 nitrogen and oxygen atoms in total. The van der Waals surface area contributed by atoms with Crippen LogP contribution in [0.2, 0.25) is 0 Å². The first-order chi connectivity index (χ1) is 8.77. The Morgan fingerprint density at radius 3 is 2.79 bits per heavy atom. The minimum atomic E-state index is -3.83. The second-order valence-electron chi connectivity index (χ2n) is 4.70. The fraction of sp³-hybridized carbons (Fsp3) is 0.455. The minimum absolute atomic E-state index is 0.0135. The molecule has 0 saturated carbocycles. The van der Waals surface area contributed by atoms with Crippen LogP contribution < -0.4 is 0 Å². The van der Waals surface area contributed by atoms with Crippen molar-refractivity contribution in [1.82, 2.24) is 9.29 Å². The highest BCUT2D eigenvalue weighted by atomic mass is 32.2. The molecular formula is C11H14N2O4S2. The van der Waals surface area contributed by atoms with Gasteiger partial charge in [-0.3, -0.25) is 9.78 Å². The Morgan fingerprint density at radius 2 is 2.26 bits per heavy atom. The highest BCUT2D eigenvalue weighted by Gasteiger charge is 2.51. The molecule has 0 aliphatic carbocycles. The van der Waals surface area contributed by atoms with Gasteiger partial charge in [-0.25, -0.2) is 8.42 Å². The molecule has 0 unspecified atom stereocenters. The van der Waals surface area contributed by atoms with Gasteiger partial charge in [-0.05, 0) is 26.0 Å². The molecule has 0 aromatic carbocycles. The number of pyridine rings is 1. The number of nitrogens with zero attached hydrogens (tertiary/aromatic N) is 2. The van der Waals surface area contributed by atoms with Gasteiger partial charge in [0.25, 0.3) is 0 Å². The molecule has 1 saturated heterocycles. The van der Waals surface area contributed by atoms with Gasteiger partial charge in [0.1, 0.15) is 10.9 Å². The molecule has 2 rings (SSSR count). The summed E-state index contributed by atoms with van der Waals surface area (Å²) >= 11 is 1.31. The quantitative estimate of drug-likeness (QED) is 0.896. The SMILES string of the molecule is CC1(C)SCN(S(=O)(=O)c2cccnc2)[C@H]1C(=O)O. The van der Waals surface area contributed by atoms with Gasteiger partial charge in [-0.15, -0.1) is 11.8 Å². The van der Waals surface area contributed by atoms with Gasteiger partial charge in [-0.2, -0.15) is 4.31 Å². The van der Waals surface area contributed by atoms with Crippen LogP contribution in [0.1, 0.15) is 13.8 Å². The molecule has 1 atom stereocenters. The maximum atomic E-state index is 12.4. The van der Waals surface area contributed by atoms with Crippen LogP contribution in [0.4, 0.5) is 0 Å². The second-order valence-corrected chi connectivity index (χ2v) is 8.19. The summed E-state index contributed by atoms with van der Waals surface area (Å²) in [5, 5.41) is 9.29. The zero-order chi connectivity index (χ0) is 14.3. The monoisotopic (exact) mass is 302 g/mol. The molecule has 1 aliphatic rings. The third-order valence-corrected chi connectivity index (χ3v) is 6.32. The summed E-state index contributed by atoms with van der Waals surface area (Å²) in [6.07, 6.45) is 2.70. The van der Waals surface area contributed by atoms with E-state index in [1.54, 1.807) is 13.8 Å². The lowest BCUT2D eigenvalue weighted by atomic mass is 10.0. The maximum Gasteiger partial charge on any atom is 0.323 e. The van der Waals surface area contributed by atoms with E-state index < -0.39 is 26.8 Å². The predicted octanol–water partition coefficient (Wildman–Crippen LogP) is 1.01. The minimum Gasteiger partial charge on any atom is -0.480 e. The van der Waals surface area contributed by atoms with Crippen LogP contribution in [0.25, 0.3) is 0 Å². The summed E-state index contributed by atoms with van der Waals surface area (Å²) in [7, 11) is -3.83. The van der Waals surface area contributed by atoms with Gasteiger partial charge < -0.3 is 5.11 Å². The topological polar surface area (TPSA) is 87.6 Å². The average Bonchev–Trinajstić information content (AvgIpc) is 2.66. The van der Waals surface area contributed by atoms with E-state index in [1.165, 1.54) is 36.3 Å². The fourth-order valence-electron chi connectivity index (χ4n) is 1.99. The summed E-state index contributed by atoms with van der Waals surface area (Å²) in [6.45, 7) is 3.46. The first-order valence-electron chi connectivity index (χ1n) is 5.55. The third-order valence-electron chi connectivity index (χ3n) is 2.99. The van der Waals surface area contributed by atoms with E-state index in [2.05, 4.69) is 4.98 Å². The Labute approximate surface area is 115 Å². The van der Waals surface area contributed by atoms with E-state index in [0.717, 1.165) is 4.31 Å². The van der Waals surface area contributed by atoms with Crippen molar-refractivity contribution in [3.05, 3.63) is 24.5 Å². The van der Waals surface area contributed by atoms with Crippen LogP contribution in [0.3, 0.4) is 0 Å². The number of aliphatic carboxylic acids is 1. The molecule has 1 N–H and O–H groups in total. The number of hydrogen-bond donors (Lipinski definition) is 1. The van der Waals surface area contributed by atoms with Crippen molar-refractivity contribution in [2.24, 2.45) is 0 Å². The summed E-state index contributed by atoms with van der Waals surface area (Å²) < 4.78 is 25.3. The molecule has 8 heteroatoms. The lowest BCUT2D eigenvalue weighted by Crippen LogP contribution is -2.48. The van der Waals surface area contributed by atoms with E-state index >= 15 is 0 Å². The van der Waals surface area contributed by atoms with E-state index in [4.69, 9.17) is 0 Å². The van der Waals surface area contributed by atoms with Gasteiger partial charge in [0, 0.05) is 17.1 Å². The number of aromatic nitrogens is 1. The zero-order valence-corrected chi connectivity index (χ0v) is 12.1. The number of carboxylic acid groups (broad SMARTS) is 1. The maximum absolute atomic E-state index is 12.4. The van der Waals surface area contributed by atoms with Crippen LogP contribution in [-0.2, 0) is 14.8 Å². The highest BCUT2D eigenvalue weighted by Crippen LogP contribution is 2.41. The van der Waals surface area contributed by atoms with E-state index in [9.17, 15) is 18.3 Å². The molecule has 1 fully saturated rings. The number of carbonyl (C=O) groups is 1. The lowest BCUT2D eigenvalue weighted by molar-refractivity contribution is -0.141. The Bertz CT molecular complexity index is 586. The van der Waals surface area contributed by atoms with Crippen LogP contribution in [-0.4, -0.2) is 45.4 Å². The first kappa shape index (κ1) is 14.3. The highest BCUT2D eigenvalue weighted by molar-refractivity contribution is 8.02. The molecule has 1 aromatic rings. The summed E-state index contributed by atoms with van der Waals surface area (Å²) in [5.74, 6) is -1.01. The number of rotatable bonds is 3. The van der Waals surface area contributed by atoms with Crippen LogP contribution in [0.5, 0.6) is 0 Å². The summed E-state index contributed by atoms with van der Waals surface area (Å²) in [4.78, 5) is 15.2. The molecule has 0 amide bonds. The van der Waals surface area contributed by atoms with E-state index in [0.29, 0.717) is 0 Å². The van der Waals surface area contributed by atoms with Gasteiger partial charge in [0.05, 0.1) is 5.88 Å². The Hall–Kier alpha value is -1.12. The van der Waals surface area contributed by atoms with Crippen molar-refractivity contribution in [3.8, 4) is 0 Å². The third kappa shape index (κ3) is 2.47. The van der Waals surface area contributed by atoms with Crippen molar-refractivity contribution in [3.63, 3.8) is 0 Å². The average molecular weight is 302 g/mol. The number of hydrogen-bond acceptors (Lipinski definition) is 5. The predicted molar refractivity (Wildman–Crippen MR) is 71.2 cm³/mol. The molecule has 0 radical (unpaired) electrons. The van der Waals surface area contributed by atoms with E-state index in [1.807, 2.05) is 0 Å². The van der Waals surface area contributed by atoms with Crippen molar-refractivity contribution in [1.29, 1.82) is 0 Å². The number of carboxylic acids is 1. The fourth-order valence-corrected chi connectivity index (χ4v) is 5.12. The Kier molecular flexibility index (Phi) is 3.59. The number of sulfonamides is 1. The van der Waals surface area contributed by atoms with Crippen LogP contribution >= 0.6 is 11.8 Å². The molecule has 19 heavy (non-hydrogen) atoms. The van der Waals surface area contributed by atoms with Crippen LogP contribution in [0, 0.1) is 0 Å². The van der Waals surface area contributed by atoms with Crippen molar-refractivity contribution in [2.45, 2.75) is 29.5 Å². The molecule has 104 valence electrons. The molecule has 0 bridgehead atoms. The number of thioether (sulfide) groups is 1. The molecule has 0 spiro atoms. The molecular weight excluding hydrogens is 288 g/mol. The summed E-state index contributed by atoms with van der Waals surface area (Å²) in [5.41, 5.74) is 0. The second kappa shape index (κ2) is 4.77. The van der Waals surface area contributed by atoms with Crippen molar-refractivity contribution >= 4 is 27.8 Å². The Morgan fingerprint density at radius 1 is 1.58 bits per heavy atom. The van der Waals surface area contributed by atoms with Gasteiger partial charge in [0.15, 0.2) is 0 Å². The Balaban J connectivity index is 2.45. The largest absolute Gasteiger partial charge is 0.480 e. The standard InChI is InChI=1S/C11H14N2O4S2/c1-11(2)9(10(14)15)13(7-18-11)19(16,17)8-4-3-5-12-6-8/h3-6,9H,7H2,1-2H3,(H,14,15)/t9-/m0/s1. The molecule has 1 aliphatic heterocycles. The van der Waals surface area contributed by atoms with Crippen molar-refractivity contribution in [2.75, 3.05) is 5.88 Å². The van der Waals surface area contributed by atoms with Gasteiger partial charge in [-0.1, -0.05) is 0 Å². The van der Waals surface area contributed by atoms with Gasteiger partial charge in [0.2, 0.25) is 10.0 Å². The summed E-state index contributed by atoms with van der Waals surface area (Å²) in [6, 6.07) is 1.84.